The van der Waals surface area contributed by atoms with Crippen molar-refractivity contribution in [2.45, 2.75) is 25.3 Å². The number of rotatable bonds is 2. The van der Waals surface area contributed by atoms with E-state index in [4.69, 9.17) is 9.26 Å². The molecule has 3 heterocycles. The summed E-state index contributed by atoms with van der Waals surface area (Å²) in [6, 6.07) is 1.19. The fourth-order valence-electron chi connectivity index (χ4n) is 3.19. The third kappa shape index (κ3) is 2.22. The van der Waals surface area contributed by atoms with Crippen molar-refractivity contribution in [3.63, 3.8) is 0 Å². The van der Waals surface area contributed by atoms with E-state index < -0.39 is 12.1 Å². The van der Waals surface area contributed by atoms with Gasteiger partial charge >= 0.3 is 6.09 Å². The van der Waals surface area contributed by atoms with Crippen molar-refractivity contribution < 1.29 is 18.8 Å². The van der Waals surface area contributed by atoms with Crippen molar-refractivity contribution in [1.82, 2.24) is 15.5 Å². The normalized spacial score (nSPS) is 19.3. The van der Waals surface area contributed by atoms with Gasteiger partial charge in [0.2, 0.25) is 5.91 Å². The number of cyclic esters (lactones) is 1. The van der Waals surface area contributed by atoms with Gasteiger partial charge in [-0.3, -0.25) is 14.7 Å². The van der Waals surface area contributed by atoms with Gasteiger partial charge in [0.25, 0.3) is 0 Å². The minimum Gasteiger partial charge on any atom is -0.446 e. The lowest BCUT2D eigenvalue weighted by molar-refractivity contribution is -0.121. The second kappa shape index (κ2) is 5.63. The van der Waals surface area contributed by atoms with Crippen LogP contribution >= 0.6 is 0 Å². The van der Waals surface area contributed by atoms with Crippen LogP contribution in [-0.4, -0.2) is 41.8 Å². The lowest BCUT2D eigenvalue weighted by Crippen LogP contribution is -2.44. The zero-order chi connectivity index (χ0) is 16.7. The molecular weight excluding hydrogens is 312 g/mol. The lowest BCUT2D eigenvalue weighted by Gasteiger charge is -2.20. The first-order valence-corrected chi connectivity index (χ1v) is 7.79. The molecule has 1 N–H and O–H groups in total. The Balaban J connectivity index is 1.75. The Labute approximate surface area is 137 Å². The number of nitrogens with zero attached hydrogens (tertiary/aromatic N) is 3. The number of anilines is 1. The second-order valence-electron chi connectivity index (χ2n) is 5.81. The predicted octanol–water partition coefficient (Wildman–Crippen LogP) is 1.30. The number of pyridine rings is 1. The van der Waals surface area contributed by atoms with E-state index >= 15 is 0 Å². The molecule has 0 radical (unpaired) electrons. The minimum atomic E-state index is -0.686. The van der Waals surface area contributed by atoms with Gasteiger partial charge in [0, 0.05) is 12.6 Å². The molecule has 0 saturated carbocycles. The van der Waals surface area contributed by atoms with Gasteiger partial charge in [-0.15, -0.1) is 0 Å². The molecule has 0 aromatic carbocycles. The van der Waals surface area contributed by atoms with E-state index in [2.05, 4.69) is 15.5 Å². The first-order valence-electron chi connectivity index (χ1n) is 7.79. The average Bonchev–Trinajstić information content (AvgIpc) is 3.17. The van der Waals surface area contributed by atoms with E-state index in [0.717, 1.165) is 36.1 Å². The number of hydrogen-bond donors (Lipinski definition) is 1. The number of amides is 2. The maximum atomic E-state index is 12.1. The van der Waals surface area contributed by atoms with Gasteiger partial charge in [-0.25, -0.2) is 4.79 Å². The maximum absolute atomic E-state index is 12.1. The van der Waals surface area contributed by atoms with Crippen LogP contribution in [0, 0.1) is 0 Å². The molecule has 8 heteroatoms. The van der Waals surface area contributed by atoms with E-state index in [0.29, 0.717) is 11.4 Å². The topological polar surface area (TPSA) is 97.6 Å². The molecule has 1 atom stereocenters. The molecule has 1 saturated heterocycles. The lowest BCUT2D eigenvalue weighted by atomic mass is 10.1. The summed E-state index contributed by atoms with van der Waals surface area (Å²) < 4.78 is 10.4. The Kier molecular flexibility index (Phi) is 3.44. The van der Waals surface area contributed by atoms with Crippen molar-refractivity contribution in [1.29, 1.82) is 0 Å². The van der Waals surface area contributed by atoms with Crippen LogP contribution in [0.1, 0.15) is 17.5 Å². The molecule has 0 spiro atoms. The van der Waals surface area contributed by atoms with E-state index in [-0.39, 0.29) is 12.5 Å². The molecule has 2 amide bonds. The van der Waals surface area contributed by atoms with Crippen molar-refractivity contribution in [3.8, 4) is 11.5 Å². The highest BCUT2D eigenvalue weighted by Crippen LogP contribution is 2.33. The Bertz CT molecular complexity index is 816. The van der Waals surface area contributed by atoms with Crippen LogP contribution in [0.4, 0.5) is 10.5 Å². The summed E-state index contributed by atoms with van der Waals surface area (Å²) in [4.78, 5) is 29.9. The van der Waals surface area contributed by atoms with Gasteiger partial charge in [0.1, 0.15) is 12.3 Å². The van der Waals surface area contributed by atoms with Crippen LogP contribution in [-0.2, 0) is 22.4 Å². The Morgan fingerprint density at radius 1 is 1.33 bits per heavy atom. The van der Waals surface area contributed by atoms with Gasteiger partial charge < -0.3 is 14.6 Å². The Morgan fingerprint density at radius 2 is 2.17 bits per heavy atom. The molecule has 0 unspecified atom stereocenters. The fraction of sp³-hybridized carbons (Fsp3) is 0.375. The molecule has 0 bridgehead atoms. The van der Waals surface area contributed by atoms with Crippen LogP contribution in [0.25, 0.3) is 11.5 Å². The van der Waals surface area contributed by atoms with Gasteiger partial charge in [0.05, 0.1) is 18.1 Å². The summed E-state index contributed by atoms with van der Waals surface area (Å²) >= 11 is 0. The summed E-state index contributed by atoms with van der Waals surface area (Å²) in [5.41, 5.74) is 3.30. The first-order chi connectivity index (χ1) is 11.7. The molecule has 2 aromatic heterocycles. The smallest absolute Gasteiger partial charge is 0.415 e. The average molecular weight is 328 g/mol. The number of fused-ring (bicyclic) bond motifs is 3. The zero-order valence-electron chi connectivity index (χ0n) is 13.1. The SMILES string of the molecule is CNC(=O)[C@@H]1COC(=O)N1c1cnc2c(c1)CCCc1cnoc1-2. The monoisotopic (exact) mass is 328 g/mol. The molecular formula is C16H16N4O4. The zero-order valence-corrected chi connectivity index (χ0v) is 13.1. The summed E-state index contributed by atoms with van der Waals surface area (Å²) in [7, 11) is 1.53. The summed E-state index contributed by atoms with van der Waals surface area (Å²) in [6.45, 7) is 0.0296. The highest BCUT2D eigenvalue weighted by atomic mass is 16.6. The summed E-state index contributed by atoms with van der Waals surface area (Å²) in [5, 5.41) is 6.40. The van der Waals surface area contributed by atoms with E-state index in [9.17, 15) is 9.59 Å². The van der Waals surface area contributed by atoms with E-state index in [1.807, 2.05) is 6.07 Å². The molecule has 24 heavy (non-hydrogen) atoms. The quantitative estimate of drug-likeness (QED) is 0.892. The highest BCUT2D eigenvalue weighted by Gasteiger charge is 2.39. The van der Waals surface area contributed by atoms with Gasteiger partial charge in [0.15, 0.2) is 11.8 Å². The molecule has 4 rings (SSSR count). The van der Waals surface area contributed by atoms with Crippen molar-refractivity contribution in [2.24, 2.45) is 0 Å². The summed E-state index contributed by atoms with van der Waals surface area (Å²) in [5.74, 6) is 0.411. The third-order valence-electron chi connectivity index (χ3n) is 4.40. The standard InChI is InChI=1S/C16H16N4O4/c1-17-15(21)12-8-23-16(22)20(12)11-5-9-3-2-4-10-6-19-24-14(10)13(9)18-7-11/h5-7,12H,2-4,8H2,1H3,(H,17,21)/t12-/m0/s1. The number of aromatic nitrogens is 2. The third-order valence-corrected chi connectivity index (χ3v) is 4.40. The molecule has 8 nitrogen and oxygen atoms in total. The number of aryl methyl sites for hydroxylation is 2. The minimum absolute atomic E-state index is 0.0296. The molecule has 1 fully saturated rings. The molecule has 1 aliphatic carbocycles. The number of carbonyl (C=O) groups excluding carboxylic acids is 2. The summed E-state index contributed by atoms with van der Waals surface area (Å²) in [6.07, 6.45) is 5.37. The molecule has 2 aliphatic rings. The molecule has 2 aromatic rings. The largest absolute Gasteiger partial charge is 0.446 e. The van der Waals surface area contributed by atoms with E-state index in [1.165, 1.54) is 11.9 Å². The molecule has 124 valence electrons. The predicted molar refractivity (Wildman–Crippen MR) is 83.4 cm³/mol. The van der Waals surface area contributed by atoms with Crippen molar-refractivity contribution in [3.05, 3.63) is 29.6 Å². The van der Waals surface area contributed by atoms with Gasteiger partial charge in [-0.05, 0) is 30.9 Å². The number of likely N-dealkylation sites (N-methyl/N-ethyl adjacent to an activating group) is 1. The number of hydrogen-bond acceptors (Lipinski definition) is 6. The van der Waals surface area contributed by atoms with Crippen LogP contribution in [0.3, 0.4) is 0 Å². The number of ether oxygens (including phenoxy) is 1. The Morgan fingerprint density at radius 3 is 3.00 bits per heavy atom. The van der Waals surface area contributed by atoms with Crippen LogP contribution in [0.2, 0.25) is 0 Å². The first kappa shape index (κ1) is 14.7. The Hall–Kier alpha value is -2.90. The van der Waals surface area contributed by atoms with Crippen molar-refractivity contribution >= 4 is 17.7 Å². The van der Waals surface area contributed by atoms with Crippen LogP contribution in [0.5, 0.6) is 0 Å². The van der Waals surface area contributed by atoms with E-state index in [1.54, 1.807) is 12.4 Å². The number of carbonyl (C=O) groups is 2. The molecule has 1 aliphatic heterocycles. The second-order valence-corrected chi connectivity index (χ2v) is 5.81. The van der Waals surface area contributed by atoms with Crippen LogP contribution < -0.4 is 10.2 Å². The van der Waals surface area contributed by atoms with Crippen molar-refractivity contribution in [2.75, 3.05) is 18.6 Å². The van der Waals surface area contributed by atoms with Crippen LogP contribution in [0.15, 0.2) is 23.0 Å². The van der Waals surface area contributed by atoms with Gasteiger partial charge in [-0.1, -0.05) is 5.16 Å². The number of nitrogens with one attached hydrogen (secondary N) is 1. The maximum Gasteiger partial charge on any atom is 0.415 e. The van der Waals surface area contributed by atoms with Gasteiger partial charge in [-0.2, -0.15) is 0 Å². The highest BCUT2D eigenvalue weighted by molar-refractivity contribution is 6.00. The fourth-order valence-corrected chi connectivity index (χ4v) is 3.19.